The van der Waals surface area contributed by atoms with Crippen molar-refractivity contribution in [3.63, 3.8) is 0 Å². The third-order valence-corrected chi connectivity index (χ3v) is 3.70. The maximum Gasteiger partial charge on any atom is 0.238 e. The number of nitrogens with zero attached hydrogens (tertiary/aromatic N) is 2. The van der Waals surface area contributed by atoms with E-state index in [-0.39, 0.29) is 5.91 Å². The van der Waals surface area contributed by atoms with Gasteiger partial charge < -0.3 is 11.1 Å². The first-order valence-electron chi connectivity index (χ1n) is 6.84. The predicted molar refractivity (Wildman–Crippen MR) is 74.9 cm³/mol. The molecule has 1 aromatic rings. The minimum atomic E-state index is 0.0188. The number of aryl methyl sites for hydroxylation is 2. The first-order valence-corrected chi connectivity index (χ1v) is 6.84. The number of carbonyl (C=O) groups excluding carboxylic acids is 1. The number of hydrogen-bond donors (Lipinski definition) is 3. The number of likely N-dealkylation sites (tertiary alicyclic amines) is 1. The van der Waals surface area contributed by atoms with Gasteiger partial charge in [-0.2, -0.15) is 5.10 Å². The zero-order valence-corrected chi connectivity index (χ0v) is 11.7. The van der Waals surface area contributed by atoms with Gasteiger partial charge in [-0.15, -0.1) is 0 Å². The molecule has 0 aliphatic carbocycles. The van der Waals surface area contributed by atoms with Crippen molar-refractivity contribution in [2.75, 3.05) is 31.5 Å². The van der Waals surface area contributed by atoms with Gasteiger partial charge in [0.15, 0.2) is 0 Å². The van der Waals surface area contributed by atoms with Gasteiger partial charge in [0.25, 0.3) is 0 Å². The number of nitrogens with one attached hydrogen (secondary N) is 2. The lowest BCUT2D eigenvalue weighted by molar-refractivity contribution is -0.117. The van der Waals surface area contributed by atoms with Crippen LogP contribution >= 0.6 is 0 Å². The fourth-order valence-corrected chi connectivity index (χ4v) is 2.60. The highest BCUT2D eigenvalue weighted by Crippen LogP contribution is 2.17. The molecule has 1 aliphatic rings. The molecule has 6 heteroatoms. The van der Waals surface area contributed by atoms with Crippen LogP contribution in [0.25, 0.3) is 0 Å². The topological polar surface area (TPSA) is 87.0 Å². The fraction of sp³-hybridized carbons (Fsp3) is 0.692. The van der Waals surface area contributed by atoms with E-state index in [0.717, 1.165) is 36.6 Å². The number of aromatic nitrogens is 2. The summed E-state index contributed by atoms with van der Waals surface area (Å²) in [5.41, 5.74) is 8.23. The molecule has 0 radical (unpaired) electrons. The van der Waals surface area contributed by atoms with Gasteiger partial charge in [-0.3, -0.25) is 14.8 Å². The number of H-pyrrole nitrogens is 1. The van der Waals surface area contributed by atoms with Crippen molar-refractivity contribution < 1.29 is 4.79 Å². The van der Waals surface area contributed by atoms with Gasteiger partial charge in [0.2, 0.25) is 5.91 Å². The van der Waals surface area contributed by atoms with Crippen molar-refractivity contribution in [1.29, 1.82) is 0 Å². The van der Waals surface area contributed by atoms with Crippen LogP contribution < -0.4 is 11.1 Å². The molecule has 19 heavy (non-hydrogen) atoms. The van der Waals surface area contributed by atoms with Crippen LogP contribution in [0.4, 0.5) is 5.69 Å². The smallest absolute Gasteiger partial charge is 0.238 e. The van der Waals surface area contributed by atoms with E-state index in [4.69, 9.17) is 5.73 Å². The number of anilines is 1. The van der Waals surface area contributed by atoms with E-state index < -0.39 is 0 Å². The monoisotopic (exact) mass is 265 g/mol. The Morgan fingerprint density at radius 1 is 1.58 bits per heavy atom. The Bertz CT molecular complexity index is 423. The molecular weight excluding hydrogens is 242 g/mol. The van der Waals surface area contributed by atoms with E-state index >= 15 is 0 Å². The molecule has 1 aliphatic heterocycles. The van der Waals surface area contributed by atoms with E-state index in [2.05, 4.69) is 20.4 Å². The quantitative estimate of drug-likeness (QED) is 0.745. The second-order valence-electron chi connectivity index (χ2n) is 5.34. The summed E-state index contributed by atoms with van der Waals surface area (Å²) in [6.07, 6.45) is 2.30. The summed E-state index contributed by atoms with van der Waals surface area (Å²) in [5, 5.41) is 9.87. The van der Waals surface area contributed by atoms with Crippen molar-refractivity contribution in [1.82, 2.24) is 15.1 Å². The van der Waals surface area contributed by atoms with Crippen molar-refractivity contribution in [2.24, 2.45) is 11.7 Å². The summed E-state index contributed by atoms with van der Waals surface area (Å²) in [6.45, 7) is 6.82. The molecular formula is C13H23N5O. The average molecular weight is 265 g/mol. The highest BCUT2D eigenvalue weighted by atomic mass is 16.2. The van der Waals surface area contributed by atoms with Crippen LogP contribution in [0, 0.1) is 19.8 Å². The molecule has 1 aromatic heterocycles. The van der Waals surface area contributed by atoms with E-state index in [9.17, 15) is 4.79 Å². The Balaban J connectivity index is 1.87. The summed E-state index contributed by atoms with van der Waals surface area (Å²) in [7, 11) is 0. The van der Waals surface area contributed by atoms with Crippen molar-refractivity contribution in [2.45, 2.75) is 26.7 Å². The summed E-state index contributed by atoms with van der Waals surface area (Å²) in [5.74, 6) is 0.546. The van der Waals surface area contributed by atoms with Crippen LogP contribution in [0.15, 0.2) is 0 Å². The number of nitrogens with two attached hydrogens (primary N) is 1. The maximum absolute atomic E-state index is 12.1. The molecule has 106 valence electrons. The molecule has 1 atom stereocenters. The molecule has 0 saturated carbocycles. The molecule has 6 nitrogen and oxygen atoms in total. The first kappa shape index (κ1) is 14.0. The molecule has 0 aromatic carbocycles. The van der Waals surface area contributed by atoms with Crippen LogP contribution in [0.5, 0.6) is 0 Å². The first-order chi connectivity index (χ1) is 9.10. The number of rotatable bonds is 4. The Morgan fingerprint density at radius 2 is 2.37 bits per heavy atom. The minimum Gasteiger partial charge on any atom is -0.330 e. The number of piperidine rings is 1. The van der Waals surface area contributed by atoms with Crippen LogP contribution in [0.3, 0.4) is 0 Å². The van der Waals surface area contributed by atoms with Crippen LogP contribution in [-0.2, 0) is 4.79 Å². The number of amides is 1. The van der Waals surface area contributed by atoms with Gasteiger partial charge in [-0.05, 0) is 45.7 Å². The number of carbonyl (C=O) groups is 1. The molecule has 1 fully saturated rings. The lowest BCUT2D eigenvalue weighted by atomic mass is 9.98. The second kappa shape index (κ2) is 6.16. The largest absolute Gasteiger partial charge is 0.330 e. The Labute approximate surface area is 113 Å². The van der Waals surface area contributed by atoms with Crippen LogP contribution in [0.2, 0.25) is 0 Å². The molecule has 1 unspecified atom stereocenters. The minimum absolute atomic E-state index is 0.0188. The Hall–Kier alpha value is -1.40. The highest BCUT2D eigenvalue weighted by Gasteiger charge is 2.21. The SMILES string of the molecule is Cc1n[nH]c(C)c1NC(=O)CN1CCCC(CN)C1. The van der Waals surface area contributed by atoms with Crippen LogP contribution in [0.1, 0.15) is 24.2 Å². The fourth-order valence-electron chi connectivity index (χ4n) is 2.60. The molecule has 1 saturated heterocycles. The van der Waals surface area contributed by atoms with Gasteiger partial charge in [0.1, 0.15) is 0 Å². The lowest BCUT2D eigenvalue weighted by Gasteiger charge is -2.31. The summed E-state index contributed by atoms with van der Waals surface area (Å²) in [6, 6.07) is 0. The summed E-state index contributed by atoms with van der Waals surface area (Å²) in [4.78, 5) is 14.2. The zero-order valence-electron chi connectivity index (χ0n) is 11.7. The van der Waals surface area contributed by atoms with Crippen molar-refractivity contribution in [3.8, 4) is 0 Å². The van der Waals surface area contributed by atoms with Gasteiger partial charge >= 0.3 is 0 Å². The molecule has 1 amide bonds. The normalized spacial score (nSPS) is 20.5. The molecule has 4 N–H and O–H groups in total. The maximum atomic E-state index is 12.1. The van der Waals surface area contributed by atoms with Gasteiger partial charge in [0.05, 0.1) is 23.6 Å². The molecule has 2 heterocycles. The zero-order chi connectivity index (χ0) is 13.8. The second-order valence-corrected chi connectivity index (χ2v) is 5.34. The number of aromatic amines is 1. The van der Waals surface area contributed by atoms with Crippen molar-refractivity contribution >= 4 is 11.6 Å². The van der Waals surface area contributed by atoms with E-state index in [1.807, 2.05) is 13.8 Å². The van der Waals surface area contributed by atoms with E-state index in [1.165, 1.54) is 6.42 Å². The molecule has 2 rings (SSSR count). The number of hydrogen-bond acceptors (Lipinski definition) is 4. The molecule has 0 spiro atoms. The predicted octanol–water partition coefficient (Wildman–Crippen LogP) is 0.636. The summed E-state index contributed by atoms with van der Waals surface area (Å²) < 4.78 is 0. The van der Waals surface area contributed by atoms with E-state index in [0.29, 0.717) is 19.0 Å². The third-order valence-electron chi connectivity index (χ3n) is 3.70. The standard InChI is InChI=1S/C13H23N5O/c1-9-13(10(2)17-16-9)15-12(19)8-18-5-3-4-11(6-14)7-18/h11H,3-8,14H2,1-2H3,(H,15,19)(H,16,17). The third kappa shape index (κ3) is 3.54. The van der Waals surface area contributed by atoms with Crippen molar-refractivity contribution in [3.05, 3.63) is 11.4 Å². The molecule has 0 bridgehead atoms. The Kier molecular flexibility index (Phi) is 4.55. The van der Waals surface area contributed by atoms with Gasteiger partial charge in [0, 0.05) is 6.54 Å². The van der Waals surface area contributed by atoms with Gasteiger partial charge in [-0.25, -0.2) is 0 Å². The van der Waals surface area contributed by atoms with E-state index in [1.54, 1.807) is 0 Å². The Morgan fingerprint density at radius 3 is 3.00 bits per heavy atom. The van der Waals surface area contributed by atoms with Gasteiger partial charge in [-0.1, -0.05) is 0 Å². The average Bonchev–Trinajstić information content (AvgIpc) is 2.71. The highest BCUT2D eigenvalue weighted by molar-refractivity contribution is 5.93. The summed E-state index contributed by atoms with van der Waals surface area (Å²) >= 11 is 0. The van der Waals surface area contributed by atoms with Crippen LogP contribution in [-0.4, -0.2) is 47.2 Å². The lowest BCUT2D eigenvalue weighted by Crippen LogP contribution is -2.42.